The second kappa shape index (κ2) is 6.53. The fourth-order valence-corrected chi connectivity index (χ4v) is 1.40. The Balaban J connectivity index is 2.61. The fraction of sp³-hybridized carbons (Fsp3) is 0.455. The summed E-state index contributed by atoms with van der Waals surface area (Å²) in [5.41, 5.74) is 0.256. The molecule has 0 aliphatic rings. The van der Waals surface area contributed by atoms with Crippen molar-refractivity contribution in [3.05, 3.63) is 18.0 Å². The van der Waals surface area contributed by atoms with E-state index in [9.17, 15) is 14.4 Å². The molecular weight excluding hydrogens is 254 g/mol. The molecule has 104 valence electrons. The largest absolute Gasteiger partial charge is 0.480 e. The van der Waals surface area contributed by atoms with Crippen LogP contribution in [0.5, 0.6) is 0 Å². The Kier molecular flexibility index (Phi) is 5.04. The molecule has 1 rings (SSSR count). The summed E-state index contributed by atoms with van der Waals surface area (Å²) in [7, 11) is 2.86. The lowest BCUT2D eigenvalue weighted by Crippen LogP contribution is -2.41. The summed E-state index contributed by atoms with van der Waals surface area (Å²) in [6.07, 6.45) is 2.68. The van der Waals surface area contributed by atoms with E-state index in [2.05, 4.69) is 15.2 Å². The Bertz CT molecular complexity index is 482. The maximum atomic E-state index is 11.7. The third kappa shape index (κ3) is 4.41. The van der Waals surface area contributed by atoms with Gasteiger partial charge in [-0.3, -0.25) is 14.3 Å². The number of amides is 1. The number of methoxy groups -OCH3 is 1. The number of ether oxygens (including phenoxy) is 1. The zero-order valence-electron chi connectivity index (χ0n) is 10.6. The lowest BCUT2D eigenvalue weighted by atomic mass is 10.1. The SMILES string of the molecule is COC(=O)CC[C@@H](NC(=O)c1cnn(C)c1)C(=O)O. The molecule has 0 aromatic carbocycles. The third-order valence-corrected chi connectivity index (χ3v) is 2.44. The number of nitrogens with zero attached hydrogens (tertiary/aromatic N) is 2. The standard InChI is InChI=1S/C11H15N3O5/c1-14-6-7(5-12-14)10(16)13-8(11(17)18)3-4-9(15)19-2/h5-6,8H,3-4H2,1-2H3,(H,13,16)(H,17,18)/t8-/m1/s1. The molecule has 0 fully saturated rings. The van der Waals surface area contributed by atoms with Gasteiger partial charge < -0.3 is 15.2 Å². The first-order chi connectivity index (χ1) is 8.93. The van der Waals surface area contributed by atoms with Crippen LogP contribution in [0.2, 0.25) is 0 Å². The first-order valence-electron chi connectivity index (χ1n) is 5.53. The molecule has 2 N–H and O–H groups in total. The minimum atomic E-state index is -1.21. The van der Waals surface area contributed by atoms with Gasteiger partial charge in [-0.15, -0.1) is 0 Å². The number of aryl methyl sites for hydroxylation is 1. The number of hydrogen-bond donors (Lipinski definition) is 2. The lowest BCUT2D eigenvalue weighted by molar-refractivity contribution is -0.142. The van der Waals surface area contributed by atoms with Crippen molar-refractivity contribution in [1.29, 1.82) is 0 Å². The molecule has 1 aromatic rings. The van der Waals surface area contributed by atoms with E-state index in [4.69, 9.17) is 5.11 Å². The number of carbonyl (C=O) groups excluding carboxylic acids is 2. The molecule has 0 aliphatic carbocycles. The lowest BCUT2D eigenvalue weighted by Gasteiger charge is -2.13. The van der Waals surface area contributed by atoms with Crippen LogP contribution < -0.4 is 5.32 Å². The van der Waals surface area contributed by atoms with E-state index < -0.39 is 23.9 Å². The molecule has 0 bridgehead atoms. The first-order valence-corrected chi connectivity index (χ1v) is 5.53. The predicted octanol–water partition coefficient (Wildman–Crippen LogP) is -0.444. The van der Waals surface area contributed by atoms with Crippen LogP contribution in [0.25, 0.3) is 0 Å². The minimum Gasteiger partial charge on any atom is -0.480 e. The molecule has 0 radical (unpaired) electrons. The zero-order valence-corrected chi connectivity index (χ0v) is 10.6. The van der Waals surface area contributed by atoms with Gasteiger partial charge in [0.05, 0.1) is 18.9 Å². The summed E-state index contributed by atoms with van der Waals surface area (Å²) in [6.45, 7) is 0. The summed E-state index contributed by atoms with van der Waals surface area (Å²) >= 11 is 0. The van der Waals surface area contributed by atoms with Gasteiger partial charge in [0.1, 0.15) is 6.04 Å². The van der Waals surface area contributed by atoms with Crippen molar-refractivity contribution in [2.75, 3.05) is 7.11 Å². The van der Waals surface area contributed by atoms with E-state index in [1.807, 2.05) is 0 Å². The average Bonchev–Trinajstić information content (AvgIpc) is 2.80. The number of carbonyl (C=O) groups is 3. The van der Waals surface area contributed by atoms with Crippen LogP contribution in [0.15, 0.2) is 12.4 Å². The second-order valence-corrected chi connectivity index (χ2v) is 3.88. The highest BCUT2D eigenvalue weighted by atomic mass is 16.5. The molecule has 8 heteroatoms. The van der Waals surface area contributed by atoms with Crippen LogP contribution in [0, 0.1) is 0 Å². The van der Waals surface area contributed by atoms with Crippen LogP contribution in [-0.4, -0.2) is 45.9 Å². The Labute approximate surface area is 109 Å². The van der Waals surface area contributed by atoms with Gasteiger partial charge >= 0.3 is 11.9 Å². The number of aliphatic carboxylic acids is 1. The van der Waals surface area contributed by atoms with E-state index in [0.29, 0.717) is 0 Å². The summed E-state index contributed by atoms with van der Waals surface area (Å²) in [5, 5.41) is 15.1. The molecule has 1 heterocycles. The molecular formula is C11H15N3O5. The Hall–Kier alpha value is -2.38. The highest BCUT2D eigenvalue weighted by molar-refractivity contribution is 5.96. The summed E-state index contributed by atoms with van der Waals surface area (Å²) in [6, 6.07) is -1.15. The van der Waals surface area contributed by atoms with Gasteiger partial charge in [-0.2, -0.15) is 5.10 Å². The van der Waals surface area contributed by atoms with Crippen LogP contribution >= 0.6 is 0 Å². The highest BCUT2D eigenvalue weighted by Gasteiger charge is 2.22. The Morgan fingerprint density at radius 1 is 1.53 bits per heavy atom. The minimum absolute atomic E-state index is 0.0337. The molecule has 0 aliphatic heterocycles. The molecule has 0 saturated carbocycles. The van der Waals surface area contributed by atoms with Gasteiger partial charge in [0.25, 0.3) is 5.91 Å². The zero-order chi connectivity index (χ0) is 14.4. The monoisotopic (exact) mass is 269 g/mol. The van der Waals surface area contributed by atoms with Crippen molar-refractivity contribution >= 4 is 17.8 Å². The molecule has 0 spiro atoms. The number of nitrogens with one attached hydrogen (secondary N) is 1. The van der Waals surface area contributed by atoms with Gasteiger partial charge in [0, 0.05) is 19.7 Å². The van der Waals surface area contributed by atoms with Crippen molar-refractivity contribution in [2.45, 2.75) is 18.9 Å². The van der Waals surface area contributed by atoms with Crippen LogP contribution in [0.1, 0.15) is 23.2 Å². The molecule has 8 nitrogen and oxygen atoms in total. The van der Waals surface area contributed by atoms with Gasteiger partial charge in [0.2, 0.25) is 0 Å². The molecule has 19 heavy (non-hydrogen) atoms. The van der Waals surface area contributed by atoms with Crippen molar-refractivity contribution in [3.8, 4) is 0 Å². The van der Waals surface area contributed by atoms with Crippen molar-refractivity contribution in [1.82, 2.24) is 15.1 Å². The number of carboxylic acid groups (broad SMARTS) is 1. The van der Waals surface area contributed by atoms with Crippen molar-refractivity contribution in [2.24, 2.45) is 7.05 Å². The molecule has 0 saturated heterocycles. The summed E-state index contributed by atoms with van der Waals surface area (Å²) in [5.74, 6) is -2.28. The smallest absolute Gasteiger partial charge is 0.326 e. The summed E-state index contributed by atoms with van der Waals surface area (Å²) < 4.78 is 5.85. The number of aromatic nitrogens is 2. The van der Waals surface area contributed by atoms with Gasteiger partial charge in [-0.05, 0) is 6.42 Å². The van der Waals surface area contributed by atoms with Gasteiger partial charge in [-0.25, -0.2) is 4.79 Å². The first kappa shape index (κ1) is 14.7. The Morgan fingerprint density at radius 2 is 2.21 bits per heavy atom. The second-order valence-electron chi connectivity index (χ2n) is 3.88. The Morgan fingerprint density at radius 3 is 2.68 bits per heavy atom. The van der Waals surface area contributed by atoms with Crippen molar-refractivity contribution < 1.29 is 24.2 Å². The molecule has 1 aromatic heterocycles. The van der Waals surface area contributed by atoms with E-state index in [-0.39, 0.29) is 18.4 Å². The van der Waals surface area contributed by atoms with E-state index >= 15 is 0 Å². The van der Waals surface area contributed by atoms with Gasteiger partial charge in [-0.1, -0.05) is 0 Å². The predicted molar refractivity (Wildman–Crippen MR) is 63.3 cm³/mol. The number of carboxylic acids is 1. The van der Waals surface area contributed by atoms with Gasteiger partial charge in [0.15, 0.2) is 0 Å². The van der Waals surface area contributed by atoms with Crippen LogP contribution in [0.4, 0.5) is 0 Å². The van der Waals surface area contributed by atoms with E-state index in [1.54, 1.807) is 7.05 Å². The fourth-order valence-electron chi connectivity index (χ4n) is 1.40. The highest BCUT2D eigenvalue weighted by Crippen LogP contribution is 2.03. The van der Waals surface area contributed by atoms with E-state index in [1.165, 1.54) is 24.2 Å². The summed E-state index contributed by atoms with van der Waals surface area (Å²) in [4.78, 5) is 33.7. The topological polar surface area (TPSA) is 111 Å². The van der Waals surface area contributed by atoms with Crippen LogP contribution in [-0.2, 0) is 21.4 Å². The van der Waals surface area contributed by atoms with Crippen molar-refractivity contribution in [3.63, 3.8) is 0 Å². The maximum Gasteiger partial charge on any atom is 0.326 e. The molecule has 1 atom stereocenters. The molecule has 0 unspecified atom stereocenters. The van der Waals surface area contributed by atoms with Crippen LogP contribution in [0.3, 0.4) is 0 Å². The average molecular weight is 269 g/mol. The van der Waals surface area contributed by atoms with E-state index in [0.717, 1.165) is 0 Å². The normalized spacial score (nSPS) is 11.7. The number of rotatable bonds is 6. The molecule has 1 amide bonds. The quantitative estimate of drug-likeness (QED) is 0.677. The third-order valence-electron chi connectivity index (χ3n) is 2.44. The maximum absolute atomic E-state index is 11.7. The number of esters is 1. The number of hydrogen-bond acceptors (Lipinski definition) is 5.